The first-order chi connectivity index (χ1) is 8.94. The van der Waals surface area contributed by atoms with E-state index < -0.39 is 11.6 Å². The molecule has 0 spiro atoms. The molecule has 4 heteroatoms. The predicted molar refractivity (Wildman–Crippen MR) is 76.7 cm³/mol. The summed E-state index contributed by atoms with van der Waals surface area (Å²) in [6.45, 7) is 3.96. The molecule has 1 aromatic rings. The van der Waals surface area contributed by atoms with Gasteiger partial charge in [0.25, 0.3) is 0 Å². The molecule has 0 aliphatic rings. The number of amides is 1. The molecule has 0 saturated carbocycles. The molecule has 0 fully saturated rings. The zero-order chi connectivity index (χ0) is 14.3. The van der Waals surface area contributed by atoms with Crippen molar-refractivity contribution < 1.29 is 9.90 Å². The summed E-state index contributed by atoms with van der Waals surface area (Å²) in [6.07, 6.45) is 2.03. The van der Waals surface area contributed by atoms with Crippen LogP contribution in [0.1, 0.15) is 32.3 Å². The van der Waals surface area contributed by atoms with E-state index >= 15 is 0 Å². The van der Waals surface area contributed by atoms with Crippen LogP contribution in [0.25, 0.3) is 0 Å². The molecule has 4 nitrogen and oxygen atoms in total. The highest BCUT2D eigenvalue weighted by Gasteiger charge is 2.22. The van der Waals surface area contributed by atoms with Gasteiger partial charge in [-0.25, -0.2) is 0 Å². The standard InChI is InChI=1S/C15H24N2O2/c1-3-9-15(2,19)11-17-14(18)13(16)10-12-7-5-4-6-8-12/h4-8,13,19H,3,9-11,16H2,1-2H3,(H,17,18)/t13-,15?/m0/s1. The number of hydrogen-bond donors (Lipinski definition) is 3. The largest absolute Gasteiger partial charge is 0.388 e. The van der Waals surface area contributed by atoms with Crippen LogP contribution in [-0.4, -0.2) is 29.2 Å². The first-order valence-electron chi connectivity index (χ1n) is 6.74. The number of nitrogens with two attached hydrogens (primary N) is 1. The minimum Gasteiger partial charge on any atom is -0.388 e. The Bertz CT molecular complexity index is 390. The van der Waals surface area contributed by atoms with Gasteiger partial charge in [-0.15, -0.1) is 0 Å². The Morgan fingerprint density at radius 1 is 1.42 bits per heavy atom. The van der Waals surface area contributed by atoms with E-state index in [9.17, 15) is 9.90 Å². The SMILES string of the molecule is CCCC(C)(O)CNC(=O)[C@@H](N)Cc1ccccc1. The highest BCUT2D eigenvalue weighted by Crippen LogP contribution is 2.10. The second-order valence-corrected chi connectivity index (χ2v) is 5.26. The lowest BCUT2D eigenvalue weighted by molar-refractivity contribution is -0.123. The summed E-state index contributed by atoms with van der Waals surface area (Å²) < 4.78 is 0. The summed E-state index contributed by atoms with van der Waals surface area (Å²) in [7, 11) is 0. The number of benzene rings is 1. The van der Waals surface area contributed by atoms with E-state index in [-0.39, 0.29) is 12.5 Å². The fourth-order valence-corrected chi connectivity index (χ4v) is 2.00. The molecule has 1 unspecified atom stereocenters. The van der Waals surface area contributed by atoms with Crippen molar-refractivity contribution in [1.29, 1.82) is 0 Å². The maximum atomic E-state index is 11.9. The average molecular weight is 264 g/mol. The van der Waals surface area contributed by atoms with E-state index in [4.69, 9.17) is 5.73 Å². The van der Waals surface area contributed by atoms with E-state index in [0.29, 0.717) is 12.8 Å². The second-order valence-electron chi connectivity index (χ2n) is 5.26. The number of aliphatic hydroxyl groups is 1. The number of carbonyl (C=O) groups excluding carboxylic acids is 1. The van der Waals surface area contributed by atoms with Crippen molar-refractivity contribution >= 4 is 5.91 Å². The zero-order valence-electron chi connectivity index (χ0n) is 11.7. The van der Waals surface area contributed by atoms with Crippen molar-refractivity contribution in [1.82, 2.24) is 5.32 Å². The molecule has 1 rings (SSSR count). The molecule has 4 N–H and O–H groups in total. The molecule has 0 bridgehead atoms. The van der Waals surface area contributed by atoms with Gasteiger partial charge in [0.05, 0.1) is 11.6 Å². The van der Waals surface area contributed by atoms with Gasteiger partial charge in [0.15, 0.2) is 0 Å². The monoisotopic (exact) mass is 264 g/mol. The normalized spacial score (nSPS) is 15.6. The van der Waals surface area contributed by atoms with E-state index in [2.05, 4.69) is 5.32 Å². The molecule has 19 heavy (non-hydrogen) atoms. The smallest absolute Gasteiger partial charge is 0.237 e. The van der Waals surface area contributed by atoms with Gasteiger partial charge in [-0.1, -0.05) is 43.7 Å². The highest BCUT2D eigenvalue weighted by molar-refractivity contribution is 5.81. The van der Waals surface area contributed by atoms with Gasteiger partial charge in [-0.05, 0) is 25.3 Å². The summed E-state index contributed by atoms with van der Waals surface area (Å²) >= 11 is 0. The van der Waals surface area contributed by atoms with Crippen LogP contribution in [0.4, 0.5) is 0 Å². The molecule has 1 aromatic carbocycles. The Balaban J connectivity index is 2.41. The number of carbonyl (C=O) groups is 1. The van der Waals surface area contributed by atoms with Crippen molar-refractivity contribution in [2.75, 3.05) is 6.54 Å². The molecule has 2 atom stereocenters. The van der Waals surface area contributed by atoms with Crippen LogP contribution in [-0.2, 0) is 11.2 Å². The molecule has 0 radical (unpaired) electrons. The van der Waals surface area contributed by atoms with E-state index in [1.54, 1.807) is 6.92 Å². The van der Waals surface area contributed by atoms with E-state index in [1.165, 1.54) is 0 Å². The summed E-state index contributed by atoms with van der Waals surface area (Å²) in [5, 5.41) is 12.7. The first kappa shape index (κ1) is 15.7. The lowest BCUT2D eigenvalue weighted by Gasteiger charge is -2.24. The van der Waals surface area contributed by atoms with Crippen LogP contribution in [0, 0.1) is 0 Å². The Morgan fingerprint density at radius 3 is 2.63 bits per heavy atom. The minimum absolute atomic E-state index is 0.222. The summed E-state index contributed by atoms with van der Waals surface area (Å²) in [5.74, 6) is -0.222. The Kier molecular flexibility index (Phi) is 5.99. The molecule has 0 aliphatic heterocycles. The molecule has 0 saturated heterocycles. The first-order valence-corrected chi connectivity index (χ1v) is 6.74. The van der Waals surface area contributed by atoms with Crippen LogP contribution >= 0.6 is 0 Å². The van der Waals surface area contributed by atoms with Crippen molar-refractivity contribution in [2.45, 2.75) is 44.8 Å². The van der Waals surface area contributed by atoms with Crippen molar-refractivity contribution in [3.05, 3.63) is 35.9 Å². The number of rotatable bonds is 7. The van der Waals surface area contributed by atoms with Gasteiger partial charge in [0.2, 0.25) is 5.91 Å². The molecular weight excluding hydrogens is 240 g/mol. The van der Waals surface area contributed by atoms with E-state index in [1.807, 2.05) is 37.3 Å². The molecule has 0 aromatic heterocycles. The molecule has 0 aliphatic carbocycles. The molecular formula is C15H24N2O2. The average Bonchev–Trinajstić information content (AvgIpc) is 2.37. The van der Waals surface area contributed by atoms with Gasteiger partial charge in [-0.2, -0.15) is 0 Å². The van der Waals surface area contributed by atoms with Gasteiger partial charge < -0.3 is 16.2 Å². The van der Waals surface area contributed by atoms with Gasteiger partial charge >= 0.3 is 0 Å². The summed E-state index contributed by atoms with van der Waals surface area (Å²) in [5.41, 5.74) is 6.03. The zero-order valence-corrected chi connectivity index (χ0v) is 11.7. The number of nitrogens with one attached hydrogen (secondary N) is 1. The maximum absolute atomic E-state index is 11.9. The van der Waals surface area contributed by atoms with Gasteiger partial charge in [-0.3, -0.25) is 4.79 Å². The summed E-state index contributed by atoms with van der Waals surface area (Å²) in [6, 6.07) is 9.08. The van der Waals surface area contributed by atoms with E-state index in [0.717, 1.165) is 12.0 Å². The lowest BCUT2D eigenvalue weighted by Crippen LogP contribution is -2.47. The molecule has 0 heterocycles. The predicted octanol–water partition coefficient (Wildman–Crippen LogP) is 1.22. The third-order valence-corrected chi connectivity index (χ3v) is 3.07. The van der Waals surface area contributed by atoms with Gasteiger partial charge in [0.1, 0.15) is 0 Å². The van der Waals surface area contributed by atoms with Crippen molar-refractivity contribution in [2.24, 2.45) is 5.73 Å². The lowest BCUT2D eigenvalue weighted by atomic mass is 10.0. The van der Waals surface area contributed by atoms with Crippen LogP contribution in [0.5, 0.6) is 0 Å². The quantitative estimate of drug-likeness (QED) is 0.693. The fraction of sp³-hybridized carbons (Fsp3) is 0.533. The topological polar surface area (TPSA) is 75.3 Å². The van der Waals surface area contributed by atoms with Crippen LogP contribution in [0.3, 0.4) is 0 Å². The third-order valence-electron chi connectivity index (χ3n) is 3.07. The summed E-state index contributed by atoms with van der Waals surface area (Å²) in [4.78, 5) is 11.9. The van der Waals surface area contributed by atoms with Crippen LogP contribution in [0.2, 0.25) is 0 Å². The fourth-order valence-electron chi connectivity index (χ4n) is 2.00. The highest BCUT2D eigenvalue weighted by atomic mass is 16.3. The van der Waals surface area contributed by atoms with Crippen LogP contribution in [0.15, 0.2) is 30.3 Å². The molecule has 106 valence electrons. The van der Waals surface area contributed by atoms with Gasteiger partial charge in [0, 0.05) is 6.54 Å². The Morgan fingerprint density at radius 2 is 2.05 bits per heavy atom. The van der Waals surface area contributed by atoms with Crippen molar-refractivity contribution in [3.63, 3.8) is 0 Å². The van der Waals surface area contributed by atoms with Crippen molar-refractivity contribution in [3.8, 4) is 0 Å². The number of hydrogen-bond acceptors (Lipinski definition) is 3. The molecule has 1 amide bonds. The second kappa shape index (κ2) is 7.26. The third kappa shape index (κ3) is 5.85. The minimum atomic E-state index is -0.864. The Labute approximate surface area is 115 Å². The Hall–Kier alpha value is -1.39. The maximum Gasteiger partial charge on any atom is 0.237 e. The van der Waals surface area contributed by atoms with Crippen LogP contribution < -0.4 is 11.1 Å².